The van der Waals surface area contributed by atoms with Gasteiger partial charge in [0.2, 0.25) is 10.0 Å². The Labute approximate surface area is 154 Å². The summed E-state index contributed by atoms with van der Waals surface area (Å²) in [6.45, 7) is 3.48. The molecule has 0 radical (unpaired) electrons. The molecule has 2 heterocycles. The van der Waals surface area contributed by atoms with Gasteiger partial charge in [-0.15, -0.1) is 11.3 Å². The second kappa shape index (κ2) is 6.63. The van der Waals surface area contributed by atoms with Gasteiger partial charge in [0, 0.05) is 29.8 Å². The zero-order valence-electron chi connectivity index (χ0n) is 14.3. The Bertz CT molecular complexity index is 1100. The van der Waals surface area contributed by atoms with E-state index < -0.39 is 15.9 Å². The van der Waals surface area contributed by atoms with Crippen molar-refractivity contribution in [2.24, 2.45) is 12.2 Å². The van der Waals surface area contributed by atoms with Crippen LogP contribution in [0.2, 0.25) is 0 Å². The number of carbonyl (C=O) groups excluding carboxylic acids is 1. The maximum absolute atomic E-state index is 12.6. The lowest BCUT2D eigenvalue weighted by atomic mass is 10.0. The molecule has 0 aliphatic heterocycles. The number of hydrogen-bond acceptors (Lipinski definition) is 6. The Kier molecular flexibility index (Phi) is 4.65. The van der Waals surface area contributed by atoms with Crippen molar-refractivity contribution in [3.05, 3.63) is 46.6 Å². The van der Waals surface area contributed by atoms with Crippen LogP contribution in [0.4, 0.5) is 5.13 Å². The van der Waals surface area contributed by atoms with E-state index in [4.69, 9.17) is 5.14 Å². The second-order valence-electron chi connectivity index (χ2n) is 5.85. The van der Waals surface area contributed by atoms with Crippen LogP contribution in [-0.2, 0) is 17.1 Å². The average Bonchev–Trinajstić information content (AvgIpc) is 3.17. The molecule has 2 aromatic heterocycles. The Balaban J connectivity index is 1.89. The minimum absolute atomic E-state index is 0.0964. The number of primary sulfonamides is 1. The Morgan fingerprint density at radius 3 is 2.65 bits per heavy atom. The number of anilines is 1. The lowest BCUT2D eigenvalue weighted by Gasteiger charge is -2.10. The molecule has 3 N–H and O–H groups in total. The standard InChI is InChI=1S/C16H17N5O3S2/c1-9-4-12(26(17,23)24)5-13(10(9)2)15(22)20-16-19-14(8-25-16)11-6-18-21(3)7-11/h4-8H,1-3H3,(H2,17,23,24)(H,19,20,22). The van der Waals surface area contributed by atoms with Crippen molar-refractivity contribution in [1.29, 1.82) is 0 Å². The predicted molar refractivity (Wildman–Crippen MR) is 99.6 cm³/mol. The fourth-order valence-corrected chi connectivity index (χ4v) is 3.75. The van der Waals surface area contributed by atoms with Crippen molar-refractivity contribution < 1.29 is 13.2 Å². The van der Waals surface area contributed by atoms with Crippen LogP contribution < -0.4 is 10.5 Å². The molecule has 0 atom stereocenters. The summed E-state index contributed by atoms with van der Waals surface area (Å²) in [5, 5.41) is 14.2. The summed E-state index contributed by atoms with van der Waals surface area (Å²) < 4.78 is 24.9. The molecule has 136 valence electrons. The fraction of sp³-hybridized carbons (Fsp3) is 0.188. The number of thiazole rings is 1. The van der Waals surface area contributed by atoms with Crippen LogP contribution in [0.1, 0.15) is 21.5 Å². The summed E-state index contributed by atoms with van der Waals surface area (Å²) in [5.41, 5.74) is 3.13. The lowest BCUT2D eigenvalue weighted by molar-refractivity contribution is 0.102. The molecule has 0 saturated carbocycles. The number of nitrogens with zero attached hydrogens (tertiary/aromatic N) is 3. The molecular weight excluding hydrogens is 374 g/mol. The molecule has 26 heavy (non-hydrogen) atoms. The number of carbonyl (C=O) groups is 1. The van der Waals surface area contributed by atoms with Crippen LogP contribution in [0.25, 0.3) is 11.3 Å². The van der Waals surface area contributed by atoms with Gasteiger partial charge in [-0.1, -0.05) is 0 Å². The van der Waals surface area contributed by atoms with E-state index in [0.29, 0.717) is 22.0 Å². The van der Waals surface area contributed by atoms with Crippen molar-refractivity contribution in [3.63, 3.8) is 0 Å². The number of sulfonamides is 1. The van der Waals surface area contributed by atoms with E-state index in [0.717, 1.165) is 5.56 Å². The van der Waals surface area contributed by atoms with Gasteiger partial charge in [-0.2, -0.15) is 5.10 Å². The van der Waals surface area contributed by atoms with E-state index in [-0.39, 0.29) is 10.5 Å². The predicted octanol–water partition coefficient (Wildman–Crippen LogP) is 2.06. The molecule has 0 aliphatic carbocycles. The van der Waals surface area contributed by atoms with Crippen LogP contribution in [0.15, 0.2) is 34.8 Å². The fourth-order valence-electron chi connectivity index (χ4n) is 2.41. The van der Waals surface area contributed by atoms with E-state index in [9.17, 15) is 13.2 Å². The normalized spacial score (nSPS) is 11.5. The zero-order chi connectivity index (χ0) is 19.1. The summed E-state index contributed by atoms with van der Waals surface area (Å²) in [6.07, 6.45) is 3.51. The van der Waals surface area contributed by atoms with E-state index in [2.05, 4.69) is 15.4 Å². The molecule has 0 aliphatic rings. The summed E-state index contributed by atoms with van der Waals surface area (Å²) in [4.78, 5) is 16.9. The smallest absolute Gasteiger partial charge is 0.257 e. The third kappa shape index (κ3) is 3.66. The number of rotatable bonds is 4. The highest BCUT2D eigenvalue weighted by Crippen LogP contribution is 2.26. The molecule has 10 heteroatoms. The molecule has 3 rings (SSSR count). The minimum atomic E-state index is -3.90. The van der Waals surface area contributed by atoms with E-state index in [1.165, 1.54) is 23.5 Å². The summed E-state index contributed by atoms with van der Waals surface area (Å²) in [5.74, 6) is -0.441. The topological polar surface area (TPSA) is 120 Å². The highest BCUT2D eigenvalue weighted by atomic mass is 32.2. The third-order valence-electron chi connectivity index (χ3n) is 3.94. The maximum Gasteiger partial charge on any atom is 0.257 e. The molecule has 0 unspecified atom stereocenters. The first kappa shape index (κ1) is 18.2. The number of benzene rings is 1. The first-order valence-electron chi connectivity index (χ1n) is 7.55. The first-order chi connectivity index (χ1) is 12.1. The van der Waals surface area contributed by atoms with Crippen molar-refractivity contribution in [2.75, 3.05) is 5.32 Å². The van der Waals surface area contributed by atoms with Gasteiger partial charge in [0.05, 0.1) is 16.8 Å². The molecule has 0 bridgehead atoms. The Hall–Kier alpha value is -2.56. The van der Waals surface area contributed by atoms with Crippen LogP contribution in [0.3, 0.4) is 0 Å². The number of aryl methyl sites for hydroxylation is 2. The third-order valence-corrected chi connectivity index (χ3v) is 5.59. The van der Waals surface area contributed by atoms with Crippen LogP contribution >= 0.6 is 11.3 Å². The van der Waals surface area contributed by atoms with Gasteiger partial charge < -0.3 is 0 Å². The van der Waals surface area contributed by atoms with Crippen LogP contribution in [-0.4, -0.2) is 29.1 Å². The van der Waals surface area contributed by atoms with Crippen LogP contribution in [0.5, 0.6) is 0 Å². The van der Waals surface area contributed by atoms with Gasteiger partial charge in [0.1, 0.15) is 0 Å². The van der Waals surface area contributed by atoms with Gasteiger partial charge in [-0.3, -0.25) is 14.8 Å². The van der Waals surface area contributed by atoms with E-state index >= 15 is 0 Å². The molecular formula is C16H17N5O3S2. The molecule has 1 amide bonds. The molecule has 0 spiro atoms. The van der Waals surface area contributed by atoms with Gasteiger partial charge in [0.25, 0.3) is 5.91 Å². The SMILES string of the molecule is Cc1cc(S(N)(=O)=O)cc(C(=O)Nc2nc(-c3cnn(C)c3)cs2)c1C. The quantitative estimate of drug-likeness (QED) is 0.705. The number of nitrogens with one attached hydrogen (secondary N) is 1. The highest BCUT2D eigenvalue weighted by Gasteiger charge is 2.18. The lowest BCUT2D eigenvalue weighted by Crippen LogP contribution is -2.17. The van der Waals surface area contributed by atoms with E-state index in [1.807, 2.05) is 18.6 Å². The second-order valence-corrected chi connectivity index (χ2v) is 8.27. The molecule has 0 saturated heterocycles. The molecule has 0 fully saturated rings. The van der Waals surface area contributed by atoms with Crippen molar-refractivity contribution in [1.82, 2.24) is 14.8 Å². The number of nitrogens with two attached hydrogens (primary N) is 1. The summed E-state index contributed by atoms with van der Waals surface area (Å²) in [6, 6.07) is 2.73. The molecule has 1 aromatic carbocycles. The maximum atomic E-state index is 12.6. The minimum Gasteiger partial charge on any atom is -0.298 e. The van der Waals surface area contributed by atoms with Crippen molar-refractivity contribution >= 4 is 32.4 Å². The Morgan fingerprint density at radius 2 is 2.04 bits per heavy atom. The Morgan fingerprint density at radius 1 is 1.31 bits per heavy atom. The van der Waals surface area contributed by atoms with Gasteiger partial charge in [-0.05, 0) is 37.1 Å². The number of hydrogen-bond donors (Lipinski definition) is 2. The average molecular weight is 391 g/mol. The number of aromatic nitrogens is 3. The van der Waals surface area contributed by atoms with Crippen LogP contribution in [0, 0.1) is 13.8 Å². The first-order valence-corrected chi connectivity index (χ1v) is 9.97. The van der Waals surface area contributed by atoms with Gasteiger partial charge >= 0.3 is 0 Å². The largest absolute Gasteiger partial charge is 0.298 e. The molecule has 3 aromatic rings. The zero-order valence-corrected chi connectivity index (χ0v) is 16.0. The number of amides is 1. The summed E-state index contributed by atoms with van der Waals surface area (Å²) >= 11 is 1.27. The summed E-state index contributed by atoms with van der Waals surface area (Å²) in [7, 11) is -2.10. The van der Waals surface area contributed by atoms with Crippen molar-refractivity contribution in [2.45, 2.75) is 18.7 Å². The van der Waals surface area contributed by atoms with Gasteiger partial charge in [-0.25, -0.2) is 18.5 Å². The van der Waals surface area contributed by atoms with E-state index in [1.54, 1.807) is 24.7 Å². The van der Waals surface area contributed by atoms with Gasteiger partial charge in [0.15, 0.2) is 5.13 Å². The highest BCUT2D eigenvalue weighted by molar-refractivity contribution is 7.89. The monoisotopic (exact) mass is 391 g/mol. The van der Waals surface area contributed by atoms with Crippen molar-refractivity contribution in [3.8, 4) is 11.3 Å². The molecule has 8 nitrogen and oxygen atoms in total.